The maximum Gasteiger partial charge on any atom is 0.390 e. The molecule has 1 heterocycles. The Balaban J connectivity index is 2.28. The number of nitrogens with two attached hydrogens (primary N) is 1. The molecule has 0 radical (unpaired) electrons. The lowest BCUT2D eigenvalue weighted by atomic mass is 10.2. The number of halogens is 3. The number of rotatable bonds is 2. The van der Waals surface area contributed by atoms with Gasteiger partial charge in [-0.15, -0.1) is 0 Å². The van der Waals surface area contributed by atoms with E-state index in [4.69, 9.17) is 5.73 Å². The van der Waals surface area contributed by atoms with Crippen LogP contribution in [0.2, 0.25) is 0 Å². The number of fused-ring (bicyclic) bond motifs is 1. The summed E-state index contributed by atoms with van der Waals surface area (Å²) in [5.74, 6) is 0. The Morgan fingerprint density at radius 1 is 1.31 bits per heavy atom. The van der Waals surface area contributed by atoms with E-state index < -0.39 is 12.6 Å². The lowest BCUT2D eigenvalue weighted by Gasteiger charge is -2.07. The Hall–Kier alpha value is -1.72. The Bertz CT molecular complexity index is 501. The van der Waals surface area contributed by atoms with E-state index in [1.807, 2.05) is 0 Å². The molecule has 0 spiro atoms. The third-order valence-corrected chi connectivity index (χ3v) is 2.28. The summed E-state index contributed by atoms with van der Waals surface area (Å²) in [5, 5.41) is 4.69. The molecule has 2 N–H and O–H groups in total. The number of nitrogens with zero attached hydrogens (tertiary/aromatic N) is 2. The molecule has 3 nitrogen and oxygen atoms in total. The van der Waals surface area contributed by atoms with Gasteiger partial charge in [0.05, 0.1) is 24.7 Å². The third-order valence-electron chi connectivity index (χ3n) is 2.28. The molecule has 0 saturated heterocycles. The Morgan fingerprint density at radius 3 is 2.75 bits per heavy atom. The van der Waals surface area contributed by atoms with Crippen LogP contribution in [0.5, 0.6) is 0 Å². The monoisotopic (exact) mass is 229 g/mol. The molecule has 0 aliphatic rings. The summed E-state index contributed by atoms with van der Waals surface area (Å²) in [7, 11) is 0. The minimum Gasteiger partial charge on any atom is -0.399 e. The first-order valence-electron chi connectivity index (χ1n) is 4.73. The molecule has 1 aromatic carbocycles. The van der Waals surface area contributed by atoms with Crippen molar-refractivity contribution in [2.24, 2.45) is 0 Å². The average molecular weight is 229 g/mol. The maximum atomic E-state index is 12.1. The molecule has 0 saturated carbocycles. The molecular weight excluding hydrogens is 219 g/mol. The number of anilines is 1. The van der Waals surface area contributed by atoms with Gasteiger partial charge < -0.3 is 5.73 Å². The smallest absolute Gasteiger partial charge is 0.390 e. The van der Waals surface area contributed by atoms with E-state index in [9.17, 15) is 13.2 Å². The van der Waals surface area contributed by atoms with Crippen molar-refractivity contribution < 1.29 is 13.2 Å². The van der Waals surface area contributed by atoms with Gasteiger partial charge in [0.25, 0.3) is 0 Å². The van der Waals surface area contributed by atoms with Gasteiger partial charge in [-0.05, 0) is 18.2 Å². The molecule has 0 atom stereocenters. The third kappa shape index (κ3) is 2.26. The van der Waals surface area contributed by atoms with Crippen LogP contribution in [0, 0.1) is 0 Å². The number of benzene rings is 1. The highest BCUT2D eigenvalue weighted by Crippen LogP contribution is 2.22. The van der Waals surface area contributed by atoms with Gasteiger partial charge in [-0.25, -0.2) is 0 Å². The average Bonchev–Trinajstić information content (AvgIpc) is 2.56. The number of aromatic nitrogens is 2. The Morgan fingerprint density at radius 2 is 2.06 bits per heavy atom. The normalized spacial score (nSPS) is 12.2. The van der Waals surface area contributed by atoms with Gasteiger partial charge in [-0.1, -0.05) is 0 Å². The minimum atomic E-state index is -4.17. The van der Waals surface area contributed by atoms with Gasteiger partial charge in [0, 0.05) is 11.1 Å². The van der Waals surface area contributed by atoms with Crippen molar-refractivity contribution >= 4 is 16.6 Å². The summed E-state index contributed by atoms with van der Waals surface area (Å²) >= 11 is 0. The van der Waals surface area contributed by atoms with Crippen molar-refractivity contribution in [1.82, 2.24) is 9.78 Å². The number of nitrogen functional groups attached to an aromatic ring is 1. The van der Waals surface area contributed by atoms with Gasteiger partial charge in [0.1, 0.15) is 0 Å². The second-order valence-electron chi connectivity index (χ2n) is 3.55. The maximum absolute atomic E-state index is 12.1. The van der Waals surface area contributed by atoms with Gasteiger partial charge in [0.2, 0.25) is 0 Å². The zero-order valence-corrected chi connectivity index (χ0v) is 8.33. The molecule has 0 aliphatic carbocycles. The van der Waals surface area contributed by atoms with Crippen LogP contribution in [-0.2, 0) is 6.54 Å². The van der Waals surface area contributed by atoms with Gasteiger partial charge in [-0.2, -0.15) is 18.3 Å². The fourth-order valence-corrected chi connectivity index (χ4v) is 1.50. The molecule has 0 amide bonds. The fourth-order valence-electron chi connectivity index (χ4n) is 1.50. The standard InChI is InChI=1S/C10H10F3N3/c11-10(12,13)3-4-16-9-5-8(14)2-1-7(9)6-15-16/h1-2,5-6H,3-4,14H2. The lowest BCUT2D eigenvalue weighted by Crippen LogP contribution is -2.12. The van der Waals surface area contributed by atoms with E-state index in [1.54, 1.807) is 18.2 Å². The van der Waals surface area contributed by atoms with Crippen LogP contribution >= 0.6 is 0 Å². The van der Waals surface area contributed by atoms with Crippen molar-refractivity contribution in [3.05, 3.63) is 24.4 Å². The van der Waals surface area contributed by atoms with Crippen molar-refractivity contribution in [1.29, 1.82) is 0 Å². The number of alkyl halides is 3. The fraction of sp³-hybridized carbons (Fsp3) is 0.300. The van der Waals surface area contributed by atoms with Gasteiger partial charge in [0.15, 0.2) is 0 Å². The zero-order valence-electron chi connectivity index (χ0n) is 8.33. The van der Waals surface area contributed by atoms with Crippen molar-refractivity contribution in [3.63, 3.8) is 0 Å². The largest absolute Gasteiger partial charge is 0.399 e. The van der Waals surface area contributed by atoms with E-state index >= 15 is 0 Å². The highest BCUT2D eigenvalue weighted by molar-refractivity contribution is 5.81. The van der Waals surface area contributed by atoms with E-state index in [0.29, 0.717) is 11.2 Å². The van der Waals surface area contributed by atoms with Crippen molar-refractivity contribution in [2.75, 3.05) is 5.73 Å². The van der Waals surface area contributed by atoms with Gasteiger partial charge >= 0.3 is 6.18 Å². The second kappa shape index (κ2) is 3.70. The SMILES string of the molecule is Nc1ccc2cnn(CCC(F)(F)F)c2c1. The minimum absolute atomic E-state index is 0.184. The topological polar surface area (TPSA) is 43.8 Å². The van der Waals surface area contributed by atoms with E-state index in [-0.39, 0.29) is 6.54 Å². The highest BCUT2D eigenvalue weighted by Gasteiger charge is 2.27. The molecule has 2 aromatic rings. The number of hydrogen-bond acceptors (Lipinski definition) is 2. The quantitative estimate of drug-likeness (QED) is 0.804. The summed E-state index contributed by atoms with van der Waals surface area (Å²) in [6.45, 7) is -0.184. The van der Waals surface area contributed by atoms with E-state index in [2.05, 4.69) is 5.10 Å². The van der Waals surface area contributed by atoms with Crippen LogP contribution in [0.25, 0.3) is 10.9 Å². The van der Waals surface area contributed by atoms with Crippen LogP contribution in [0.4, 0.5) is 18.9 Å². The predicted octanol–water partition coefficient (Wildman–Crippen LogP) is 2.57. The van der Waals surface area contributed by atoms with E-state index in [0.717, 1.165) is 5.39 Å². The molecule has 86 valence electrons. The van der Waals surface area contributed by atoms with Gasteiger partial charge in [-0.3, -0.25) is 4.68 Å². The second-order valence-corrected chi connectivity index (χ2v) is 3.55. The molecule has 0 fully saturated rings. The molecular formula is C10H10F3N3. The van der Waals surface area contributed by atoms with E-state index in [1.165, 1.54) is 10.9 Å². The molecule has 0 aliphatic heterocycles. The van der Waals surface area contributed by atoms with Crippen molar-refractivity contribution in [2.45, 2.75) is 19.1 Å². The predicted molar refractivity (Wildman–Crippen MR) is 54.8 cm³/mol. The highest BCUT2D eigenvalue weighted by atomic mass is 19.4. The van der Waals surface area contributed by atoms with Crippen LogP contribution in [0.1, 0.15) is 6.42 Å². The summed E-state index contributed by atoms with van der Waals surface area (Å²) in [4.78, 5) is 0. The first kappa shape index (κ1) is 10.8. The lowest BCUT2D eigenvalue weighted by molar-refractivity contribution is -0.137. The molecule has 0 bridgehead atoms. The summed E-state index contributed by atoms with van der Waals surface area (Å²) in [6.07, 6.45) is -3.53. The number of hydrogen-bond donors (Lipinski definition) is 1. The summed E-state index contributed by atoms with van der Waals surface area (Å²) in [6, 6.07) is 5.05. The van der Waals surface area contributed by atoms with Crippen LogP contribution in [-0.4, -0.2) is 16.0 Å². The Kier molecular flexibility index (Phi) is 2.49. The van der Waals surface area contributed by atoms with Crippen LogP contribution in [0.15, 0.2) is 24.4 Å². The summed E-state index contributed by atoms with van der Waals surface area (Å²) < 4.78 is 37.5. The molecule has 16 heavy (non-hydrogen) atoms. The number of aryl methyl sites for hydroxylation is 1. The van der Waals surface area contributed by atoms with Crippen LogP contribution in [0.3, 0.4) is 0 Å². The molecule has 6 heteroatoms. The molecule has 1 aromatic heterocycles. The molecule has 2 rings (SSSR count). The molecule has 0 unspecified atom stereocenters. The zero-order chi connectivity index (χ0) is 11.8. The first-order chi connectivity index (χ1) is 7.46. The Labute approximate surface area is 89.7 Å². The van der Waals surface area contributed by atoms with Crippen LogP contribution < -0.4 is 5.73 Å². The first-order valence-corrected chi connectivity index (χ1v) is 4.73. The van der Waals surface area contributed by atoms with Crippen molar-refractivity contribution in [3.8, 4) is 0 Å². The summed E-state index contributed by atoms with van der Waals surface area (Å²) in [5.41, 5.74) is 6.71.